The third-order valence-electron chi connectivity index (χ3n) is 5.74. The van der Waals surface area contributed by atoms with Crippen LogP contribution in [-0.4, -0.2) is 102 Å². The number of carbonyl (C=O) groups is 8. The third kappa shape index (κ3) is 16.1. The molecule has 18 heteroatoms. The van der Waals surface area contributed by atoms with Gasteiger partial charge in [0.05, 0.1) is 19.1 Å². The van der Waals surface area contributed by atoms with Crippen molar-refractivity contribution in [2.75, 3.05) is 19.6 Å². The predicted molar refractivity (Wildman–Crippen MR) is 148 cm³/mol. The minimum absolute atomic E-state index is 0.0812. The number of hydrogen-bond donors (Lipinski definition) is 10. The van der Waals surface area contributed by atoms with Crippen molar-refractivity contribution >= 4 is 47.3 Å². The first-order valence-corrected chi connectivity index (χ1v) is 13.3. The normalized spacial score (nSPS) is 14.1. The highest BCUT2D eigenvalue weighted by atomic mass is 16.4. The molecule has 0 saturated carbocycles. The Morgan fingerprint density at radius 1 is 0.690 bits per heavy atom. The number of aliphatic carboxylic acids is 1. The van der Waals surface area contributed by atoms with Gasteiger partial charge in [-0.25, -0.2) is 0 Å². The summed E-state index contributed by atoms with van der Waals surface area (Å²) in [5.41, 5.74) is 15.9. The lowest BCUT2D eigenvalue weighted by Gasteiger charge is -2.22. The van der Waals surface area contributed by atoms with Crippen molar-refractivity contribution < 1.29 is 43.5 Å². The van der Waals surface area contributed by atoms with E-state index in [0.717, 1.165) is 0 Å². The molecule has 0 aromatic rings. The molecule has 0 saturated heterocycles. The van der Waals surface area contributed by atoms with E-state index in [2.05, 4.69) is 31.9 Å². The summed E-state index contributed by atoms with van der Waals surface area (Å²) in [6.45, 7) is 3.67. The number of primary amides is 1. The van der Waals surface area contributed by atoms with E-state index < -0.39 is 77.5 Å². The summed E-state index contributed by atoms with van der Waals surface area (Å²) in [5, 5.41) is 23.4. The molecule has 18 nitrogen and oxygen atoms in total. The lowest BCUT2D eigenvalue weighted by molar-refractivity contribution is -0.141. The van der Waals surface area contributed by atoms with Crippen LogP contribution in [-0.2, 0) is 38.4 Å². The Labute approximate surface area is 243 Å². The average molecular weight is 602 g/mol. The molecule has 0 radical (unpaired) electrons. The molecule has 0 aromatic carbocycles. The molecule has 0 aliphatic rings. The van der Waals surface area contributed by atoms with Gasteiger partial charge in [0.15, 0.2) is 0 Å². The molecule has 13 N–H and O–H groups in total. The zero-order chi connectivity index (χ0) is 32.4. The minimum atomic E-state index is -1.27. The Hall–Kier alpha value is -4.32. The molecule has 7 amide bonds. The fraction of sp³-hybridized carbons (Fsp3) is 0.667. The van der Waals surface area contributed by atoms with Gasteiger partial charge >= 0.3 is 5.97 Å². The second kappa shape index (κ2) is 19.7. The first-order chi connectivity index (χ1) is 19.6. The molecule has 0 fully saturated rings. The summed E-state index contributed by atoms with van der Waals surface area (Å²) in [4.78, 5) is 95.2. The second-order valence-electron chi connectivity index (χ2n) is 9.54. The number of carboxylic acids is 1. The smallest absolute Gasteiger partial charge is 0.325 e. The van der Waals surface area contributed by atoms with Crippen LogP contribution >= 0.6 is 0 Å². The number of nitrogens with one attached hydrogen (secondary N) is 6. The maximum atomic E-state index is 12.9. The monoisotopic (exact) mass is 601 g/mol. The van der Waals surface area contributed by atoms with Crippen LogP contribution in [0, 0.1) is 0 Å². The highest BCUT2D eigenvalue weighted by Gasteiger charge is 2.27. The van der Waals surface area contributed by atoms with Crippen LogP contribution in [0.1, 0.15) is 52.9 Å². The summed E-state index contributed by atoms with van der Waals surface area (Å²) in [7, 11) is 0. The van der Waals surface area contributed by atoms with Crippen molar-refractivity contribution in [3.05, 3.63) is 0 Å². The number of carbonyl (C=O) groups excluding carboxylic acids is 7. The Balaban J connectivity index is 5.20. The summed E-state index contributed by atoms with van der Waals surface area (Å²) in [5.74, 6) is -5.89. The highest BCUT2D eigenvalue weighted by molar-refractivity contribution is 5.93. The summed E-state index contributed by atoms with van der Waals surface area (Å²) in [6.07, 6.45) is 0.325. The molecular formula is C24H43N9O9. The molecule has 5 unspecified atom stereocenters. The fourth-order valence-electron chi connectivity index (χ4n) is 3.19. The summed E-state index contributed by atoms with van der Waals surface area (Å²) in [6, 6.07) is -5.59. The molecule has 5 atom stereocenters. The quantitative estimate of drug-likeness (QED) is 0.0589. The van der Waals surface area contributed by atoms with Gasteiger partial charge in [0.1, 0.15) is 24.2 Å². The number of nitrogens with two attached hydrogens (primary N) is 3. The Bertz CT molecular complexity index is 990. The lowest BCUT2D eigenvalue weighted by atomic mass is 10.1. The van der Waals surface area contributed by atoms with Crippen molar-refractivity contribution in [1.82, 2.24) is 31.9 Å². The fourth-order valence-corrected chi connectivity index (χ4v) is 3.19. The molecule has 0 aliphatic carbocycles. The molecule has 0 heterocycles. The standard InChI is InChI=1S/C24H43N9O9/c1-12(26)21(38)33-15(20(27)37)7-8-17(34)32-16(6-4-5-9-28-19(36)11-29-18(35)10-25)23(40)30-13(2)22(39)31-14(3)24(41)42/h12-16H,4-11,25-26H2,1-3H3,(H2,27,37)(H,28,36)(H,29,35)(H,30,40)(H,31,39)(H,32,34)(H,33,38)(H,41,42). The molecule has 0 aromatic heterocycles. The van der Waals surface area contributed by atoms with Crippen LogP contribution in [0.3, 0.4) is 0 Å². The van der Waals surface area contributed by atoms with Crippen LogP contribution in [0.5, 0.6) is 0 Å². The van der Waals surface area contributed by atoms with Crippen molar-refractivity contribution in [1.29, 1.82) is 0 Å². The van der Waals surface area contributed by atoms with E-state index in [1.807, 2.05) is 0 Å². The maximum absolute atomic E-state index is 12.9. The number of rotatable bonds is 20. The number of unbranched alkanes of at least 4 members (excludes halogenated alkanes) is 1. The van der Waals surface area contributed by atoms with E-state index in [1.54, 1.807) is 0 Å². The molecule has 0 spiro atoms. The van der Waals surface area contributed by atoms with Crippen LogP contribution in [0.4, 0.5) is 0 Å². The van der Waals surface area contributed by atoms with Gasteiger partial charge in [-0.2, -0.15) is 0 Å². The van der Waals surface area contributed by atoms with Crippen LogP contribution < -0.4 is 49.1 Å². The van der Waals surface area contributed by atoms with Crippen LogP contribution in [0.2, 0.25) is 0 Å². The first-order valence-electron chi connectivity index (χ1n) is 13.3. The summed E-state index contributed by atoms with van der Waals surface area (Å²) >= 11 is 0. The van der Waals surface area contributed by atoms with Gasteiger partial charge in [-0.3, -0.25) is 38.4 Å². The molecular weight excluding hydrogens is 558 g/mol. The van der Waals surface area contributed by atoms with E-state index in [9.17, 15) is 38.4 Å². The second-order valence-corrected chi connectivity index (χ2v) is 9.54. The van der Waals surface area contributed by atoms with E-state index in [-0.39, 0.29) is 38.9 Å². The molecule has 0 aliphatic heterocycles. The number of hydrogen-bond acceptors (Lipinski definition) is 10. The van der Waals surface area contributed by atoms with Gasteiger partial charge in [0.25, 0.3) is 0 Å². The Kier molecular flexibility index (Phi) is 17.7. The Morgan fingerprint density at radius 2 is 1.31 bits per heavy atom. The minimum Gasteiger partial charge on any atom is -0.480 e. The first kappa shape index (κ1) is 37.7. The van der Waals surface area contributed by atoms with E-state index in [4.69, 9.17) is 22.3 Å². The SMILES string of the molecule is CC(N)C(=O)NC(CCC(=O)NC(CCCCNC(=O)CNC(=O)CN)C(=O)NC(C)C(=O)NC(C)C(=O)O)C(N)=O. The molecule has 0 bridgehead atoms. The van der Waals surface area contributed by atoms with Gasteiger partial charge in [0, 0.05) is 13.0 Å². The molecule has 238 valence electrons. The summed E-state index contributed by atoms with van der Waals surface area (Å²) < 4.78 is 0. The topological polar surface area (TPSA) is 307 Å². The van der Waals surface area contributed by atoms with Gasteiger partial charge in [-0.15, -0.1) is 0 Å². The van der Waals surface area contributed by atoms with Crippen molar-refractivity contribution in [2.24, 2.45) is 17.2 Å². The van der Waals surface area contributed by atoms with Gasteiger partial charge in [0.2, 0.25) is 41.4 Å². The van der Waals surface area contributed by atoms with E-state index in [0.29, 0.717) is 12.8 Å². The predicted octanol–water partition coefficient (Wildman–Crippen LogP) is -4.98. The van der Waals surface area contributed by atoms with Crippen molar-refractivity contribution in [3.63, 3.8) is 0 Å². The zero-order valence-electron chi connectivity index (χ0n) is 24.0. The van der Waals surface area contributed by atoms with Gasteiger partial charge in [-0.05, 0) is 46.5 Å². The van der Waals surface area contributed by atoms with Gasteiger partial charge < -0.3 is 54.2 Å². The van der Waals surface area contributed by atoms with Crippen molar-refractivity contribution in [2.45, 2.75) is 83.1 Å². The van der Waals surface area contributed by atoms with E-state index >= 15 is 0 Å². The Morgan fingerprint density at radius 3 is 1.86 bits per heavy atom. The lowest BCUT2D eigenvalue weighted by Crippen LogP contribution is -2.54. The number of amides is 7. The highest BCUT2D eigenvalue weighted by Crippen LogP contribution is 2.05. The molecule has 0 rings (SSSR count). The molecule has 42 heavy (non-hydrogen) atoms. The van der Waals surface area contributed by atoms with Crippen molar-refractivity contribution in [3.8, 4) is 0 Å². The zero-order valence-corrected chi connectivity index (χ0v) is 24.0. The van der Waals surface area contributed by atoms with Crippen LogP contribution in [0.25, 0.3) is 0 Å². The third-order valence-corrected chi connectivity index (χ3v) is 5.74. The van der Waals surface area contributed by atoms with E-state index in [1.165, 1.54) is 20.8 Å². The average Bonchev–Trinajstić information content (AvgIpc) is 2.92. The maximum Gasteiger partial charge on any atom is 0.325 e. The largest absolute Gasteiger partial charge is 0.480 e. The van der Waals surface area contributed by atoms with Crippen LogP contribution in [0.15, 0.2) is 0 Å². The number of carboxylic acid groups (broad SMARTS) is 1. The van der Waals surface area contributed by atoms with Gasteiger partial charge in [-0.1, -0.05) is 0 Å².